The molecule has 0 aliphatic heterocycles. The van der Waals surface area contributed by atoms with Gasteiger partial charge in [-0.3, -0.25) is 10.2 Å². The number of nitrogens with one attached hydrogen (secondary N) is 3. The molecule has 212 valence electrons. The van der Waals surface area contributed by atoms with Gasteiger partial charge in [-0.25, -0.2) is 4.79 Å². The van der Waals surface area contributed by atoms with Crippen LogP contribution < -0.4 is 16.4 Å². The van der Waals surface area contributed by atoms with Gasteiger partial charge in [-0.1, -0.05) is 51.1 Å². The summed E-state index contributed by atoms with van der Waals surface area (Å²) >= 11 is 0. The lowest BCUT2D eigenvalue weighted by Gasteiger charge is -2.29. The number of nitrogen functional groups attached to an aromatic ring is 1. The number of anilines is 1. The number of rotatable bonds is 10. The Kier molecular flexibility index (Phi) is 9.33. The maximum absolute atomic E-state index is 13.0. The van der Waals surface area contributed by atoms with E-state index in [1.54, 1.807) is 42.5 Å². The van der Waals surface area contributed by atoms with Crippen LogP contribution in [-0.2, 0) is 20.8 Å². The average Bonchev–Trinajstić information content (AvgIpc) is 2.88. The Morgan fingerprint density at radius 1 is 1.00 bits per heavy atom. The first kappa shape index (κ1) is 30.3. The van der Waals surface area contributed by atoms with Crippen molar-refractivity contribution in [2.45, 2.75) is 33.4 Å². The van der Waals surface area contributed by atoms with E-state index in [1.807, 2.05) is 32.9 Å². The van der Waals surface area contributed by atoms with Crippen molar-refractivity contribution in [2.24, 2.45) is 11.1 Å². The predicted molar refractivity (Wildman–Crippen MR) is 155 cm³/mol. The minimum Gasteiger partial charge on any atom is -0.394 e. The normalized spacial score (nSPS) is 12.3. The molecule has 3 rings (SSSR count). The fraction of sp³-hybridized carbons (Fsp3) is 0.276. The zero-order valence-electron chi connectivity index (χ0n) is 22.8. The molecule has 0 unspecified atom stereocenters. The number of aliphatic hydroxyl groups excluding tert-OH is 1. The average molecular weight is 567 g/mol. The highest BCUT2D eigenvalue weighted by Crippen LogP contribution is 2.30. The summed E-state index contributed by atoms with van der Waals surface area (Å²) in [5, 5.41) is 23.3. The first-order valence-corrected chi connectivity index (χ1v) is 14.3. The number of carbonyl (C=O) groups is 2. The van der Waals surface area contributed by atoms with Crippen LogP contribution in [-0.4, -0.2) is 50.1 Å². The number of carbonyl (C=O) groups excluding carboxylic acids is 2. The third kappa shape index (κ3) is 7.90. The van der Waals surface area contributed by atoms with Crippen molar-refractivity contribution in [2.75, 3.05) is 18.2 Å². The lowest BCUT2D eigenvalue weighted by molar-refractivity contribution is 0.0749. The number of benzene rings is 3. The maximum Gasteiger partial charge on any atom is 0.354 e. The fourth-order valence-electron chi connectivity index (χ4n) is 3.95. The van der Waals surface area contributed by atoms with Crippen LogP contribution in [0.15, 0.2) is 66.7 Å². The standard InChI is InChI=1S/C29H34N4O6S/c1-29(2,3)25(17-34)33-27(35)19-11-14-23(24(15-19)28(36)39-40(4,37)38)22-8-6-5-7-20(22)16-32-21-12-9-18(10-13-21)26(30)31/h5-15,25,32,34H,16-17H2,1-4H3,(H3,30,31)(H,33,35)/t25-/m1/s1. The van der Waals surface area contributed by atoms with Gasteiger partial charge in [0.25, 0.3) is 5.91 Å². The topological polar surface area (TPSA) is 172 Å². The van der Waals surface area contributed by atoms with Crippen molar-refractivity contribution < 1.29 is 27.3 Å². The van der Waals surface area contributed by atoms with Crippen LogP contribution in [0, 0.1) is 10.8 Å². The van der Waals surface area contributed by atoms with E-state index >= 15 is 0 Å². The number of hydrogen-bond acceptors (Lipinski definition) is 8. The molecule has 3 aromatic rings. The SMILES string of the molecule is CC(C)(C)[C@@H](CO)NC(=O)c1ccc(-c2ccccc2CNc2ccc(C(=N)N)cc2)c(C(=O)OS(C)(=O)=O)c1. The van der Waals surface area contributed by atoms with Gasteiger partial charge >= 0.3 is 16.1 Å². The molecule has 0 radical (unpaired) electrons. The molecule has 10 nitrogen and oxygen atoms in total. The summed E-state index contributed by atoms with van der Waals surface area (Å²) in [4.78, 5) is 26.1. The van der Waals surface area contributed by atoms with E-state index in [4.69, 9.17) is 15.3 Å². The molecule has 0 bridgehead atoms. The number of amides is 1. The summed E-state index contributed by atoms with van der Waals surface area (Å²) in [6.07, 6.45) is 0.769. The quantitative estimate of drug-likeness (QED) is 0.141. The predicted octanol–water partition coefficient (Wildman–Crippen LogP) is 3.50. The van der Waals surface area contributed by atoms with Gasteiger partial charge in [0.05, 0.1) is 24.5 Å². The highest BCUT2D eigenvalue weighted by Gasteiger charge is 2.27. The Bertz CT molecular complexity index is 1510. The summed E-state index contributed by atoms with van der Waals surface area (Å²) in [6.45, 7) is 5.68. The molecule has 6 N–H and O–H groups in total. The van der Waals surface area contributed by atoms with Crippen molar-refractivity contribution in [3.8, 4) is 11.1 Å². The van der Waals surface area contributed by atoms with Gasteiger partial charge in [-0.05, 0) is 58.5 Å². The van der Waals surface area contributed by atoms with E-state index in [0.717, 1.165) is 17.5 Å². The van der Waals surface area contributed by atoms with Crippen molar-refractivity contribution in [3.63, 3.8) is 0 Å². The van der Waals surface area contributed by atoms with Gasteiger partial charge in [0.2, 0.25) is 0 Å². The lowest BCUT2D eigenvalue weighted by atomic mass is 9.87. The van der Waals surface area contributed by atoms with E-state index in [-0.39, 0.29) is 23.6 Å². The second-order valence-electron chi connectivity index (χ2n) is 10.4. The summed E-state index contributed by atoms with van der Waals surface area (Å²) in [5.41, 5.74) is 8.26. The first-order chi connectivity index (χ1) is 18.7. The number of nitrogens with two attached hydrogens (primary N) is 1. The highest BCUT2D eigenvalue weighted by molar-refractivity contribution is 7.86. The Balaban J connectivity index is 2.00. The summed E-state index contributed by atoms with van der Waals surface area (Å²) in [5.74, 6) is -1.69. The zero-order chi connectivity index (χ0) is 29.7. The monoisotopic (exact) mass is 566 g/mol. The largest absolute Gasteiger partial charge is 0.394 e. The van der Waals surface area contributed by atoms with E-state index in [9.17, 15) is 23.1 Å². The number of hydrogen-bond donors (Lipinski definition) is 5. The lowest BCUT2D eigenvalue weighted by Crippen LogP contribution is -2.46. The maximum atomic E-state index is 13.0. The van der Waals surface area contributed by atoms with Crippen LogP contribution in [0.3, 0.4) is 0 Å². The third-order valence-corrected chi connectivity index (χ3v) is 6.70. The summed E-state index contributed by atoms with van der Waals surface area (Å²) in [6, 6.07) is 18.1. The molecule has 0 fully saturated rings. The minimum atomic E-state index is -4.13. The van der Waals surface area contributed by atoms with Gasteiger partial charge in [-0.15, -0.1) is 0 Å². The van der Waals surface area contributed by atoms with Crippen LogP contribution in [0.5, 0.6) is 0 Å². The molecule has 11 heteroatoms. The van der Waals surface area contributed by atoms with Crippen LogP contribution in [0.4, 0.5) is 5.69 Å². The van der Waals surface area contributed by atoms with Crippen LogP contribution in [0.2, 0.25) is 0 Å². The summed E-state index contributed by atoms with van der Waals surface area (Å²) in [7, 11) is -4.13. The molecular weight excluding hydrogens is 532 g/mol. The number of amidine groups is 1. The van der Waals surface area contributed by atoms with Gasteiger partial charge in [-0.2, -0.15) is 8.42 Å². The van der Waals surface area contributed by atoms with Gasteiger partial charge < -0.3 is 25.7 Å². The van der Waals surface area contributed by atoms with Gasteiger partial charge in [0.15, 0.2) is 0 Å². The van der Waals surface area contributed by atoms with Gasteiger partial charge in [0.1, 0.15) is 5.84 Å². The Hall–Kier alpha value is -4.22. The van der Waals surface area contributed by atoms with Crippen molar-refractivity contribution >= 4 is 33.5 Å². The minimum absolute atomic E-state index is 0.0344. The van der Waals surface area contributed by atoms with E-state index in [1.165, 1.54) is 12.1 Å². The van der Waals surface area contributed by atoms with Gasteiger partial charge in [0, 0.05) is 23.4 Å². The van der Waals surface area contributed by atoms with Crippen molar-refractivity contribution in [3.05, 3.63) is 89.0 Å². The van der Waals surface area contributed by atoms with Crippen LogP contribution in [0.25, 0.3) is 11.1 Å². The summed E-state index contributed by atoms with van der Waals surface area (Å²) < 4.78 is 28.3. The molecule has 0 aromatic heterocycles. The molecule has 1 atom stereocenters. The third-order valence-electron chi connectivity index (χ3n) is 6.25. The Morgan fingerprint density at radius 2 is 1.62 bits per heavy atom. The molecule has 0 heterocycles. The van der Waals surface area contributed by atoms with E-state index in [2.05, 4.69) is 10.6 Å². The molecule has 0 saturated heterocycles. The molecule has 0 saturated carbocycles. The molecule has 0 aliphatic rings. The van der Waals surface area contributed by atoms with Crippen molar-refractivity contribution in [1.82, 2.24) is 5.32 Å². The van der Waals surface area contributed by atoms with E-state index in [0.29, 0.717) is 23.2 Å². The molecule has 0 spiro atoms. The Labute approximate surface area is 234 Å². The molecule has 0 aliphatic carbocycles. The Morgan fingerprint density at radius 3 is 2.20 bits per heavy atom. The van der Waals surface area contributed by atoms with Crippen LogP contribution >= 0.6 is 0 Å². The second-order valence-corrected chi connectivity index (χ2v) is 12.0. The number of aliphatic hydroxyl groups is 1. The second kappa shape index (κ2) is 12.3. The zero-order valence-corrected chi connectivity index (χ0v) is 23.6. The molecule has 3 aromatic carbocycles. The molecule has 40 heavy (non-hydrogen) atoms. The smallest absolute Gasteiger partial charge is 0.354 e. The highest BCUT2D eigenvalue weighted by atomic mass is 32.2. The van der Waals surface area contributed by atoms with E-state index < -0.39 is 33.5 Å². The first-order valence-electron chi connectivity index (χ1n) is 12.5. The molecule has 1 amide bonds. The molecular formula is C29H34N4O6S. The fourth-order valence-corrected chi connectivity index (χ4v) is 4.32. The van der Waals surface area contributed by atoms with Crippen LogP contribution in [0.1, 0.15) is 52.6 Å². The van der Waals surface area contributed by atoms with Crippen molar-refractivity contribution in [1.29, 1.82) is 5.41 Å².